The summed E-state index contributed by atoms with van der Waals surface area (Å²) in [5.41, 5.74) is 2.53. The van der Waals surface area contributed by atoms with Crippen LogP contribution < -0.4 is 9.62 Å². The van der Waals surface area contributed by atoms with Crippen LogP contribution in [0.1, 0.15) is 36.5 Å². The number of amides is 2. The fourth-order valence-electron chi connectivity index (χ4n) is 4.39. The fraction of sp³-hybridized carbons (Fsp3) is 0.333. The summed E-state index contributed by atoms with van der Waals surface area (Å²) in [6.07, 6.45) is 3.00. The number of anilines is 1. The van der Waals surface area contributed by atoms with Gasteiger partial charge in [0.05, 0.1) is 11.9 Å². The van der Waals surface area contributed by atoms with Gasteiger partial charge in [-0.05, 0) is 60.4 Å². The first-order valence-corrected chi connectivity index (χ1v) is 15.7. The number of hydrogen-bond donors (Lipinski definition) is 1. The van der Waals surface area contributed by atoms with Crippen molar-refractivity contribution in [3.05, 3.63) is 99.5 Å². The Morgan fingerprint density at radius 1 is 0.925 bits per heavy atom. The molecule has 0 radical (unpaired) electrons. The number of aryl methyl sites for hydroxylation is 1. The van der Waals surface area contributed by atoms with Gasteiger partial charge in [0.2, 0.25) is 21.8 Å². The molecule has 10 heteroatoms. The number of rotatable bonds is 13. The first-order chi connectivity index (χ1) is 19.0. The molecule has 0 bridgehead atoms. The van der Waals surface area contributed by atoms with Crippen LogP contribution in [0.4, 0.5) is 5.69 Å². The van der Waals surface area contributed by atoms with Gasteiger partial charge >= 0.3 is 0 Å². The Morgan fingerprint density at radius 2 is 1.60 bits per heavy atom. The second kappa shape index (κ2) is 14.5. The minimum Gasteiger partial charge on any atom is -0.354 e. The van der Waals surface area contributed by atoms with E-state index in [1.165, 1.54) is 4.90 Å². The van der Waals surface area contributed by atoms with Crippen molar-refractivity contribution in [3.63, 3.8) is 0 Å². The molecule has 3 aromatic carbocycles. The van der Waals surface area contributed by atoms with Gasteiger partial charge in [-0.15, -0.1) is 0 Å². The number of unbranched alkanes of at least 4 members (excludes halogenated alkanes) is 1. The maximum absolute atomic E-state index is 14.1. The number of sulfonamides is 1. The lowest BCUT2D eigenvalue weighted by atomic mass is 10.0. The molecule has 0 aliphatic rings. The maximum atomic E-state index is 14.1. The Labute approximate surface area is 247 Å². The van der Waals surface area contributed by atoms with Crippen molar-refractivity contribution in [2.24, 2.45) is 0 Å². The topological polar surface area (TPSA) is 86.8 Å². The summed E-state index contributed by atoms with van der Waals surface area (Å²) in [5.74, 6) is -0.826. The van der Waals surface area contributed by atoms with E-state index >= 15 is 0 Å². The Balaban J connectivity index is 2.05. The molecule has 0 saturated heterocycles. The van der Waals surface area contributed by atoms with Crippen LogP contribution in [-0.2, 0) is 32.6 Å². The minimum atomic E-state index is -3.86. The average Bonchev–Trinajstić information content (AvgIpc) is 2.89. The summed E-state index contributed by atoms with van der Waals surface area (Å²) in [6, 6.07) is 20.4. The largest absolute Gasteiger partial charge is 0.354 e. The number of benzene rings is 3. The third-order valence-corrected chi connectivity index (χ3v) is 8.05. The van der Waals surface area contributed by atoms with E-state index < -0.39 is 28.5 Å². The predicted octanol–water partition coefficient (Wildman–Crippen LogP) is 5.62. The van der Waals surface area contributed by atoms with Gasteiger partial charge in [0.25, 0.3) is 0 Å². The van der Waals surface area contributed by atoms with Gasteiger partial charge in [-0.2, -0.15) is 0 Å². The second-order valence-electron chi connectivity index (χ2n) is 9.70. The summed E-state index contributed by atoms with van der Waals surface area (Å²) in [6.45, 7) is 3.80. The molecular formula is C30H35Cl2N3O4S. The van der Waals surface area contributed by atoms with Crippen LogP contribution in [0.3, 0.4) is 0 Å². The molecule has 214 valence electrons. The summed E-state index contributed by atoms with van der Waals surface area (Å²) in [5, 5.41) is 3.91. The van der Waals surface area contributed by atoms with E-state index in [4.69, 9.17) is 23.2 Å². The third-order valence-electron chi connectivity index (χ3n) is 6.45. The molecule has 7 nitrogen and oxygen atoms in total. The molecule has 0 unspecified atom stereocenters. The summed E-state index contributed by atoms with van der Waals surface area (Å²) in [7, 11) is -3.86. The summed E-state index contributed by atoms with van der Waals surface area (Å²) in [4.78, 5) is 29.1. The molecule has 3 rings (SSSR count). The van der Waals surface area contributed by atoms with Gasteiger partial charge in [0.15, 0.2) is 0 Å². The molecule has 0 aliphatic carbocycles. The molecule has 0 aromatic heterocycles. The SMILES string of the molecule is CCCCNC(=O)[C@@H](Cc1ccccc1)N(Cc1cccc(Cl)c1)C(=O)CN(c1ccc(Cl)cc1C)S(C)(=O)=O. The van der Waals surface area contributed by atoms with Crippen molar-refractivity contribution in [3.8, 4) is 0 Å². The van der Waals surface area contributed by atoms with Crippen LogP contribution in [0.15, 0.2) is 72.8 Å². The van der Waals surface area contributed by atoms with E-state index in [1.807, 2.05) is 43.3 Å². The van der Waals surface area contributed by atoms with E-state index in [1.54, 1.807) is 43.3 Å². The highest BCUT2D eigenvalue weighted by Crippen LogP contribution is 2.26. The van der Waals surface area contributed by atoms with Crippen LogP contribution in [0.2, 0.25) is 10.0 Å². The maximum Gasteiger partial charge on any atom is 0.244 e. The molecule has 40 heavy (non-hydrogen) atoms. The zero-order valence-electron chi connectivity index (χ0n) is 22.9. The Bertz CT molecular complexity index is 1420. The predicted molar refractivity (Wildman–Crippen MR) is 162 cm³/mol. The lowest BCUT2D eigenvalue weighted by molar-refractivity contribution is -0.140. The second-order valence-corrected chi connectivity index (χ2v) is 12.5. The lowest BCUT2D eigenvalue weighted by Gasteiger charge is -2.34. The molecule has 0 saturated carbocycles. The molecule has 0 spiro atoms. The first-order valence-electron chi connectivity index (χ1n) is 13.1. The third kappa shape index (κ3) is 8.98. The molecule has 1 atom stereocenters. The number of nitrogens with one attached hydrogen (secondary N) is 1. The standard InChI is InChI=1S/C30H35Cl2N3O4S/c1-4-5-16-33-30(37)28(19-23-10-7-6-8-11-23)34(20-24-12-9-13-25(31)18-24)29(36)21-35(40(3,38)39)27-15-14-26(32)17-22(27)2/h6-15,17-18,28H,4-5,16,19-21H2,1-3H3,(H,33,37)/t28-/m1/s1. The summed E-state index contributed by atoms with van der Waals surface area (Å²) >= 11 is 12.3. The molecule has 2 amide bonds. The Hall–Kier alpha value is -3.07. The van der Waals surface area contributed by atoms with Crippen molar-refractivity contribution in [1.82, 2.24) is 10.2 Å². The Kier molecular flexibility index (Phi) is 11.4. The van der Waals surface area contributed by atoms with Gasteiger partial charge in [-0.25, -0.2) is 8.42 Å². The van der Waals surface area contributed by atoms with Crippen molar-refractivity contribution >= 4 is 50.7 Å². The van der Waals surface area contributed by atoms with Crippen LogP contribution >= 0.6 is 23.2 Å². The highest BCUT2D eigenvalue weighted by atomic mass is 35.5. The minimum absolute atomic E-state index is 0.0648. The quantitative estimate of drug-likeness (QED) is 0.257. The number of nitrogens with zero attached hydrogens (tertiary/aromatic N) is 2. The lowest BCUT2D eigenvalue weighted by Crippen LogP contribution is -2.53. The van der Waals surface area contributed by atoms with Gasteiger partial charge in [0.1, 0.15) is 12.6 Å². The molecule has 0 aliphatic heterocycles. The molecule has 0 fully saturated rings. The highest BCUT2D eigenvalue weighted by molar-refractivity contribution is 7.92. The van der Waals surface area contributed by atoms with Gasteiger partial charge < -0.3 is 10.2 Å². The van der Waals surface area contributed by atoms with E-state index in [2.05, 4.69) is 5.32 Å². The van der Waals surface area contributed by atoms with Crippen LogP contribution in [0, 0.1) is 6.92 Å². The zero-order chi connectivity index (χ0) is 29.3. The first kappa shape index (κ1) is 31.5. The smallest absolute Gasteiger partial charge is 0.244 e. The van der Waals surface area contributed by atoms with E-state index in [0.29, 0.717) is 33.4 Å². The zero-order valence-corrected chi connectivity index (χ0v) is 25.3. The summed E-state index contributed by atoms with van der Waals surface area (Å²) < 4.78 is 26.9. The van der Waals surface area contributed by atoms with Crippen LogP contribution in [0.25, 0.3) is 0 Å². The molecule has 3 aromatic rings. The van der Waals surface area contributed by atoms with Crippen molar-refractivity contribution < 1.29 is 18.0 Å². The van der Waals surface area contributed by atoms with E-state index in [9.17, 15) is 18.0 Å². The van der Waals surface area contributed by atoms with E-state index in [0.717, 1.165) is 29.0 Å². The normalized spacial score (nSPS) is 12.0. The molecule has 0 heterocycles. The van der Waals surface area contributed by atoms with E-state index in [-0.39, 0.29) is 18.9 Å². The average molecular weight is 605 g/mol. The number of carbonyl (C=O) groups excluding carboxylic acids is 2. The molecular weight excluding hydrogens is 569 g/mol. The molecule has 1 N–H and O–H groups in total. The number of halogens is 2. The van der Waals surface area contributed by atoms with Crippen LogP contribution in [-0.4, -0.2) is 50.5 Å². The Morgan fingerprint density at radius 3 is 2.23 bits per heavy atom. The van der Waals surface area contributed by atoms with Gasteiger partial charge in [-0.3, -0.25) is 13.9 Å². The number of hydrogen-bond acceptors (Lipinski definition) is 4. The van der Waals surface area contributed by atoms with Gasteiger partial charge in [-0.1, -0.05) is 79.0 Å². The monoisotopic (exact) mass is 603 g/mol. The van der Waals surface area contributed by atoms with Crippen molar-refractivity contribution in [1.29, 1.82) is 0 Å². The van der Waals surface area contributed by atoms with Gasteiger partial charge in [0, 0.05) is 29.6 Å². The van der Waals surface area contributed by atoms with Crippen molar-refractivity contribution in [2.75, 3.05) is 23.7 Å². The highest BCUT2D eigenvalue weighted by Gasteiger charge is 2.33. The fourth-order valence-corrected chi connectivity index (χ4v) is 5.73. The van der Waals surface area contributed by atoms with Crippen molar-refractivity contribution in [2.45, 2.75) is 45.7 Å². The number of carbonyl (C=O) groups is 2. The van der Waals surface area contributed by atoms with Crippen LogP contribution in [0.5, 0.6) is 0 Å².